The molecule has 0 spiro atoms. The zero-order valence-electron chi connectivity index (χ0n) is 13.2. The van der Waals surface area contributed by atoms with E-state index in [0.29, 0.717) is 12.1 Å². The van der Waals surface area contributed by atoms with Crippen LogP contribution in [0.1, 0.15) is 52.4 Å². The Kier molecular flexibility index (Phi) is 6.27. The molecule has 3 atom stereocenters. The minimum Gasteiger partial charge on any atom is -0.394 e. The van der Waals surface area contributed by atoms with E-state index >= 15 is 0 Å². The van der Waals surface area contributed by atoms with Crippen LogP contribution in [-0.4, -0.2) is 60.5 Å². The topological polar surface area (TPSA) is 44.7 Å². The molecule has 4 heteroatoms. The van der Waals surface area contributed by atoms with Gasteiger partial charge in [0.2, 0.25) is 0 Å². The van der Waals surface area contributed by atoms with Gasteiger partial charge in [0, 0.05) is 18.1 Å². The number of aliphatic hydroxyl groups is 1. The first-order valence-corrected chi connectivity index (χ1v) is 8.40. The highest BCUT2D eigenvalue weighted by Crippen LogP contribution is 2.29. The molecular weight excluding hydrogens is 252 g/mol. The average molecular weight is 284 g/mol. The molecule has 0 amide bonds. The fraction of sp³-hybridized carbons (Fsp3) is 1.00. The Balaban J connectivity index is 1.67. The van der Waals surface area contributed by atoms with Gasteiger partial charge < -0.3 is 15.2 Å². The van der Waals surface area contributed by atoms with Crippen LogP contribution in [0.3, 0.4) is 0 Å². The number of rotatable bonds is 8. The third kappa shape index (κ3) is 4.17. The van der Waals surface area contributed by atoms with Crippen molar-refractivity contribution in [1.82, 2.24) is 10.2 Å². The van der Waals surface area contributed by atoms with Crippen molar-refractivity contribution >= 4 is 0 Å². The number of fused-ring (bicyclic) bond motifs is 1. The maximum absolute atomic E-state index is 9.50. The highest BCUT2D eigenvalue weighted by Gasteiger charge is 2.35. The van der Waals surface area contributed by atoms with E-state index in [1.807, 2.05) is 0 Å². The summed E-state index contributed by atoms with van der Waals surface area (Å²) in [6.45, 7) is 8.57. The lowest BCUT2D eigenvalue weighted by Gasteiger charge is -2.38. The van der Waals surface area contributed by atoms with E-state index in [2.05, 4.69) is 24.1 Å². The maximum atomic E-state index is 9.50. The van der Waals surface area contributed by atoms with Gasteiger partial charge in [-0.25, -0.2) is 0 Å². The third-order valence-electron chi connectivity index (χ3n) is 4.97. The summed E-state index contributed by atoms with van der Waals surface area (Å²) in [7, 11) is 0. The third-order valence-corrected chi connectivity index (χ3v) is 4.97. The minimum atomic E-state index is -0.102. The van der Waals surface area contributed by atoms with Crippen LogP contribution in [-0.2, 0) is 4.74 Å². The minimum absolute atomic E-state index is 0.102. The normalized spacial score (nSPS) is 30.1. The monoisotopic (exact) mass is 284 g/mol. The van der Waals surface area contributed by atoms with Crippen LogP contribution in [0.15, 0.2) is 0 Å². The standard InChI is InChI=1S/C16H32N2O2/c1-3-17-16(2,13-19)9-4-5-10-18-11-12-20-15-8-6-7-14(15)18/h14-15,17,19H,3-13H2,1-2H3. The second kappa shape index (κ2) is 7.74. The van der Waals surface area contributed by atoms with Gasteiger partial charge in [0.25, 0.3) is 0 Å². The molecule has 0 radical (unpaired) electrons. The van der Waals surface area contributed by atoms with Crippen LogP contribution >= 0.6 is 0 Å². The summed E-state index contributed by atoms with van der Waals surface area (Å²) in [5.41, 5.74) is -0.102. The Bertz CT molecular complexity index is 288. The van der Waals surface area contributed by atoms with Crippen molar-refractivity contribution in [3.63, 3.8) is 0 Å². The number of hydrogen-bond acceptors (Lipinski definition) is 4. The van der Waals surface area contributed by atoms with Gasteiger partial charge in [-0.2, -0.15) is 0 Å². The molecule has 0 bridgehead atoms. The van der Waals surface area contributed by atoms with Gasteiger partial charge in [-0.15, -0.1) is 0 Å². The average Bonchev–Trinajstić information content (AvgIpc) is 2.93. The van der Waals surface area contributed by atoms with Gasteiger partial charge in [-0.3, -0.25) is 4.90 Å². The van der Waals surface area contributed by atoms with Crippen LogP contribution in [0.2, 0.25) is 0 Å². The molecule has 20 heavy (non-hydrogen) atoms. The van der Waals surface area contributed by atoms with Crippen molar-refractivity contribution in [2.45, 2.75) is 70.1 Å². The van der Waals surface area contributed by atoms with E-state index < -0.39 is 0 Å². The van der Waals surface area contributed by atoms with Crippen molar-refractivity contribution in [2.75, 3.05) is 32.8 Å². The first-order chi connectivity index (χ1) is 9.68. The number of likely N-dealkylation sites (N-methyl/N-ethyl adjacent to an activating group) is 1. The van der Waals surface area contributed by atoms with Crippen molar-refractivity contribution in [3.05, 3.63) is 0 Å². The van der Waals surface area contributed by atoms with Crippen LogP contribution in [0.25, 0.3) is 0 Å². The van der Waals surface area contributed by atoms with Crippen LogP contribution in [0, 0.1) is 0 Å². The molecule has 1 aliphatic heterocycles. The number of nitrogens with one attached hydrogen (secondary N) is 1. The fourth-order valence-electron chi connectivity index (χ4n) is 3.76. The smallest absolute Gasteiger partial charge is 0.0730 e. The Labute approximate surface area is 123 Å². The molecule has 0 aromatic carbocycles. The first kappa shape index (κ1) is 16.2. The van der Waals surface area contributed by atoms with Crippen molar-refractivity contribution in [3.8, 4) is 0 Å². The lowest BCUT2D eigenvalue weighted by molar-refractivity contribution is -0.0559. The van der Waals surface area contributed by atoms with Gasteiger partial charge in [-0.05, 0) is 52.1 Å². The number of unbranched alkanes of at least 4 members (excludes halogenated alkanes) is 1. The molecule has 0 aromatic rings. The molecule has 1 saturated heterocycles. The Morgan fingerprint density at radius 2 is 2.20 bits per heavy atom. The van der Waals surface area contributed by atoms with E-state index in [0.717, 1.165) is 26.1 Å². The lowest BCUT2D eigenvalue weighted by Crippen LogP contribution is -2.49. The molecule has 2 N–H and O–H groups in total. The summed E-state index contributed by atoms with van der Waals surface area (Å²) in [6.07, 6.45) is 7.86. The summed E-state index contributed by atoms with van der Waals surface area (Å²) in [5.74, 6) is 0. The molecule has 1 heterocycles. The molecule has 2 rings (SSSR count). The second-order valence-electron chi connectivity index (χ2n) is 6.65. The molecule has 3 unspecified atom stereocenters. The number of nitrogens with zero attached hydrogens (tertiary/aromatic N) is 1. The van der Waals surface area contributed by atoms with Gasteiger partial charge >= 0.3 is 0 Å². The molecule has 2 aliphatic rings. The first-order valence-electron chi connectivity index (χ1n) is 8.40. The zero-order chi connectivity index (χ0) is 14.4. The number of hydrogen-bond donors (Lipinski definition) is 2. The maximum Gasteiger partial charge on any atom is 0.0730 e. The van der Waals surface area contributed by atoms with Crippen LogP contribution in [0.4, 0.5) is 0 Å². The summed E-state index contributed by atoms with van der Waals surface area (Å²) in [5, 5.41) is 12.9. The van der Waals surface area contributed by atoms with Gasteiger partial charge in [0.05, 0.1) is 19.3 Å². The van der Waals surface area contributed by atoms with Crippen LogP contribution in [0.5, 0.6) is 0 Å². The largest absolute Gasteiger partial charge is 0.394 e. The molecule has 2 fully saturated rings. The summed E-state index contributed by atoms with van der Waals surface area (Å²) >= 11 is 0. The Morgan fingerprint density at radius 3 is 2.95 bits per heavy atom. The molecule has 118 valence electrons. The summed E-state index contributed by atoms with van der Waals surface area (Å²) in [4.78, 5) is 2.64. The number of ether oxygens (including phenoxy) is 1. The van der Waals surface area contributed by atoms with Gasteiger partial charge in [0.15, 0.2) is 0 Å². The Hall–Kier alpha value is -0.160. The van der Waals surface area contributed by atoms with E-state index in [1.165, 1.54) is 38.6 Å². The summed E-state index contributed by atoms with van der Waals surface area (Å²) < 4.78 is 5.86. The lowest BCUT2D eigenvalue weighted by atomic mass is 9.95. The highest BCUT2D eigenvalue weighted by molar-refractivity contribution is 4.89. The summed E-state index contributed by atoms with van der Waals surface area (Å²) in [6, 6.07) is 0.682. The Morgan fingerprint density at radius 1 is 1.35 bits per heavy atom. The van der Waals surface area contributed by atoms with E-state index in [4.69, 9.17) is 4.74 Å². The van der Waals surface area contributed by atoms with E-state index in [9.17, 15) is 5.11 Å². The molecular formula is C16H32N2O2. The molecule has 0 aromatic heterocycles. The highest BCUT2D eigenvalue weighted by atomic mass is 16.5. The fourth-order valence-corrected chi connectivity index (χ4v) is 3.76. The predicted octanol–water partition coefficient (Wildman–Crippen LogP) is 1.77. The zero-order valence-corrected chi connectivity index (χ0v) is 13.2. The molecule has 4 nitrogen and oxygen atoms in total. The molecule has 1 aliphatic carbocycles. The van der Waals surface area contributed by atoms with Crippen molar-refractivity contribution in [1.29, 1.82) is 0 Å². The quantitative estimate of drug-likeness (QED) is 0.667. The van der Waals surface area contributed by atoms with E-state index in [-0.39, 0.29) is 12.1 Å². The van der Waals surface area contributed by atoms with Crippen molar-refractivity contribution < 1.29 is 9.84 Å². The number of morpholine rings is 1. The van der Waals surface area contributed by atoms with Crippen molar-refractivity contribution in [2.24, 2.45) is 0 Å². The van der Waals surface area contributed by atoms with Gasteiger partial charge in [0.1, 0.15) is 0 Å². The predicted molar refractivity (Wildman–Crippen MR) is 82.0 cm³/mol. The van der Waals surface area contributed by atoms with Gasteiger partial charge in [-0.1, -0.05) is 13.3 Å². The second-order valence-corrected chi connectivity index (χ2v) is 6.65. The van der Waals surface area contributed by atoms with E-state index in [1.54, 1.807) is 0 Å². The SMILES string of the molecule is CCNC(C)(CO)CCCCN1CCOC2CCCC21. The molecule has 1 saturated carbocycles. The number of aliphatic hydroxyl groups excluding tert-OH is 1. The van der Waals surface area contributed by atoms with Crippen LogP contribution < -0.4 is 5.32 Å².